The Bertz CT molecular complexity index is 865. The molecular formula is C19H19BrN2O4. The smallest absolute Gasteiger partial charge is 0.262 e. The Hall–Kier alpha value is -2.67. The quantitative estimate of drug-likeness (QED) is 0.695. The predicted octanol–water partition coefficient (Wildman–Crippen LogP) is 3.94. The van der Waals surface area contributed by atoms with Gasteiger partial charge in [-0.05, 0) is 55.8 Å². The summed E-state index contributed by atoms with van der Waals surface area (Å²) in [6.45, 7) is 4.42. The Morgan fingerprint density at radius 1 is 1.00 bits per heavy atom. The number of aryl methyl sites for hydroxylation is 1. The molecule has 0 bridgehead atoms. The molecule has 136 valence electrons. The van der Waals surface area contributed by atoms with Crippen LogP contribution in [0.2, 0.25) is 0 Å². The number of nitrogens with one attached hydrogen (secondary N) is 2. The molecule has 0 aromatic heterocycles. The summed E-state index contributed by atoms with van der Waals surface area (Å²) in [4.78, 5) is 35.0. The minimum atomic E-state index is -0.350. The molecule has 0 heterocycles. The molecule has 0 radical (unpaired) electrons. The summed E-state index contributed by atoms with van der Waals surface area (Å²) in [6.07, 6.45) is 0. The molecule has 0 aliphatic heterocycles. The molecule has 2 N–H and O–H groups in total. The maximum atomic E-state index is 12.2. The van der Waals surface area contributed by atoms with E-state index in [1.165, 1.54) is 19.9 Å². The lowest BCUT2D eigenvalue weighted by Gasteiger charge is -2.13. The van der Waals surface area contributed by atoms with E-state index in [-0.39, 0.29) is 30.0 Å². The second kappa shape index (κ2) is 8.62. The van der Waals surface area contributed by atoms with Crippen LogP contribution in [0.1, 0.15) is 29.8 Å². The molecule has 0 aliphatic rings. The molecule has 0 fully saturated rings. The third kappa shape index (κ3) is 5.42. The molecule has 0 aliphatic carbocycles. The standard InChI is InChI=1S/C19H19BrN2O4/c1-11-8-15(20)5-7-16(11)22-19(25)10-26-18-9-14(12(2)23)4-6-17(18)21-13(3)24/h4-9H,10H2,1-3H3,(H,21,24)(H,22,25). The minimum absolute atomic E-state index is 0.140. The van der Waals surface area contributed by atoms with Gasteiger partial charge >= 0.3 is 0 Å². The van der Waals surface area contributed by atoms with E-state index in [4.69, 9.17) is 4.74 Å². The molecule has 0 saturated heterocycles. The van der Waals surface area contributed by atoms with Gasteiger partial charge in [-0.1, -0.05) is 15.9 Å². The molecule has 7 heteroatoms. The van der Waals surface area contributed by atoms with Gasteiger partial charge in [0.1, 0.15) is 5.75 Å². The van der Waals surface area contributed by atoms with Crippen molar-refractivity contribution in [2.24, 2.45) is 0 Å². The van der Waals surface area contributed by atoms with Crippen LogP contribution in [-0.2, 0) is 9.59 Å². The molecule has 0 spiro atoms. The summed E-state index contributed by atoms with van der Waals surface area (Å²) in [6, 6.07) is 10.2. The van der Waals surface area contributed by atoms with Gasteiger partial charge in [-0.25, -0.2) is 0 Å². The molecule has 6 nitrogen and oxygen atoms in total. The van der Waals surface area contributed by atoms with Crippen molar-refractivity contribution in [3.8, 4) is 5.75 Å². The fourth-order valence-electron chi connectivity index (χ4n) is 2.25. The molecule has 0 saturated carbocycles. The molecule has 26 heavy (non-hydrogen) atoms. The number of carbonyl (C=O) groups excluding carboxylic acids is 3. The van der Waals surface area contributed by atoms with Crippen molar-refractivity contribution in [1.82, 2.24) is 0 Å². The first-order valence-electron chi connectivity index (χ1n) is 7.87. The highest BCUT2D eigenvalue weighted by Crippen LogP contribution is 2.26. The number of hydrogen-bond donors (Lipinski definition) is 2. The Morgan fingerprint density at radius 3 is 2.31 bits per heavy atom. The van der Waals surface area contributed by atoms with E-state index in [0.717, 1.165) is 10.0 Å². The molecule has 2 aromatic rings. The van der Waals surface area contributed by atoms with Crippen LogP contribution in [0, 0.1) is 6.92 Å². The number of benzene rings is 2. The topological polar surface area (TPSA) is 84.5 Å². The van der Waals surface area contributed by atoms with E-state index < -0.39 is 0 Å². The Labute approximate surface area is 160 Å². The Morgan fingerprint density at radius 2 is 1.69 bits per heavy atom. The number of hydrogen-bond acceptors (Lipinski definition) is 4. The van der Waals surface area contributed by atoms with Crippen molar-refractivity contribution < 1.29 is 19.1 Å². The zero-order valence-electron chi connectivity index (χ0n) is 14.7. The van der Waals surface area contributed by atoms with Crippen molar-refractivity contribution in [3.05, 3.63) is 52.0 Å². The normalized spacial score (nSPS) is 10.2. The van der Waals surface area contributed by atoms with Crippen molar-refractivity contribution in [1.29, 1.82) is 0 Å². The zero-order valence-corrected chi connectivity index (χ0v) is 16.3. The maximum absolute atomic E-state index is 12.2. The summed E-state index contributed by atoms with van der Waals surface area (Å²) in [5.41, 5.74) is 2.42. The number of Topliss-reactive ketones (excluding diaryl/α,β-unsaturated/α-hetero) is 1. The molecule has 2 amide bonds. The van der Waals surface area contributed by atoms with Crippen molar-refractivity contribution in [3.63, 3.8) is 0 Å². The lowest BCUT2D eigenvalue weighted by atomic mass is 10.1. The molecular weight excluding hydrogens is 400 g/mol. The maximum Gasteiger partial charge on any atom is 0.262 e. The largest absolute Gasteiger partial charge is 0.482 e. The van der Waals surface area contributed by atoms with E-state index >= 15 is 0 Å². The van der Waals surface area contributed by atoms with Crippen LogP contribution in [0.5, 0.6) is 5.75 Å². The van der Waals surface area contributed by atoms with Gasteiger partial charge in [0.2, 0.25) is 5.91 Å². The highest BCUT2D eigenvalue weighted by atomic mass is 79.9. The van der Waals surface area contributed by atoms with Crippen LogP contribution < -0.4 is 15.4 Å². The summed E-state index contributed by atoms with van der Waals surface area (Å²) in [5.74, 6) is -0.507. The van der Waals surface area contributed by atoms with Crippen molar-refractivity contribution in [2.75, 3.05) is 17.2 Å². The Kier molecular flexibility index (Phi) is 6.52. The lowest BCUT2D eigenvalue weighted by Crippen LogP contribution is -2.21. The van der Waals surface area contributed by atoms with Gasteiger partial charge in [-0.15, -0.1) is 0 Å². The van der Waals surface area contributed by atoms with E-state index in [0.29, 0.717) is 16.9 Å². The first-order valence-corrected chi connectivity index (χ1v) is 8.67. The number of halogens is 1. The monoisotopic (exact) mass is 418 g/mol. The number of ether oxygens (including phenoxy) is 1. The van der Waals surface area contributed by atoms with Gasteiger partial charge in [0.05, 0.1) is 5.69 Å². The molecule has 2 rings (SSSR count). The van der Waals surface area contributed by atoms with Crippen LogP contribution in [0.15, 0.2) is 40.9 Å². The average molecular weight is 419 g/mol. The number of carbonyl (C=O) groups is 3. The zero-order chi connectivity index (χ0) is 19.3. The summed E-state index contributed by atoms with van der Waals surface area (Å²) in [5, 5.41) is 5.38. The van der Waals surface area contributed by atoms with Crippen LogP contribution in [-0.4, -0.2) is 24.2 Å². The van der Waals surface area contributed by atoms with Crippen LogP contribution in [0.4, 0.5) is 11.4 Å². The highest BCUT2D eigenvalue weighted by molar-refractivity contribution is 9.10. The fourth-order valence-corrected chi connectivity index (χ4v) is 2.73. The SMILES string of the molecule is CC(=O)Nc1ccc(C(C)=O)cc1OCC(=O)Nc1ccc(Br)cc1C. The van der Waals surface area contributed by atoms with Gasteiger partial charge < -0.3 is 15.4 Å². The van der Waals surface area contributed by atoms with E-state index in [1.54, 1.807) is 18.2 Å². The van der Waals surface area contributed by atoms with Crippen LogP contribution in [0.25, 0.3) is 0 Å². The van der Waals surface area contributed by atoms with Gasteiger partial charge in [0.25, 0.3) is 5.91 Å². The molecule has 0 atom stereocenters. The van der Waals surface area contributed by atoms with Gasteiger partial charge in [-0.3, -0.25) is 14.4 Å². The summed E-state index contributed by atoms with van der Waals surface area (Å²) in [7, 11) is 0. The summed E-state index contributed by atoms with van der Waals surface area (Å²) < 4.78 is 6.46. The number of ketones is 1. The average Bonchev–Trinajstić information content (AvgIpc) is 2.56. The second-order valence-electron chi connectivity index (χ2n) is 5.74. The van der Waals surface area contributed by atoms with E-state index in [2.05, 4.69) is 26.6 Å². The van der Waals surface area contributed by atoms with Gasteiger partial charge in [0, 0.05) is 22.6 Å². The minimum Gasteiger partial charge on any atom is -0.482 e. The second-order valence-corrected chi connectivity index (χ2v) is 6.66. The highest BCUT2D eigenvalue weighted by Gasteiger charge is 2.12. The van der Waals surface area contributed by atoms with Gasteiger partial charge in [-0.2, -0.15) is 0 Å². The van der Waals surface area contributed by atoms with Crippen molar-refractivity contribution >= 4 is 44.9 Å². The molecule has 0 unspecified atom stereocenters. The molecule has 2 aromatic carbocycles. The van der Waals surface area contributed by atoms with E-state index in [9.17, 15) is 14.4 Å². The third-order valence-electron chi connectivity index (χ3n) is 3.52. The predicted molar refractivity (Wildman–Crippen MR) is 104 cm³/mol. The fraction of sp³-hybridized carbons (Fsp3) is 0.211. The summed E-state index contributed by atoms with van der Waals surface area (Å²) >= 11 is 3.37. The van der Waals surface area contributed by atoms with E-state index in [1.807, 2.05) is 19.1 Å². The number of anilines is 2. The number of amides is 2. The van der Waals surface area contributed by atoms with Gasteiger partial charge in [0.15, 0.2) is 12.4 Å². The van der Waals surface area contributed by atoms with Crippen LogP contribution in [0.3, 0.4) is 0 Å². The number of rotatable bonds is 6. The van der Waals surface area contributed by atoms with Crippen molar-refractivity contribution in [2.45, 2.75) is 20.8 Å². The first-order chi connectivity index (χ1) is 12.3. The lowest BCUT2D eigenvalue weighted by molar-refractivity contribution is -0.118. The van der Waals surface area contributed by atoms with Crippen LogP contribution >= 0.6 is 15.9 Å². The third-order valence-corrected chi connectivity index (χ3v) is 4.01. The Balaban J connectivity index is 2.11. The first kappa shape index (κ1) is 19.7.